The molecule has 1 aromatic rings. The maximum Gasteiger partial charge on any atom is 0.491 e. The Labute approximate surface area is 111 Å². The Kier molecular flexibility index (Phi) is 4.37. The van der Waals surface area contributed by atoms with Gasteiger partial charge in [0.15, 0.2) is 11.6 Å². The molecule has 0 heterocycles. The minimum absolute atomic E-state index is 0.00409. The lowest BCUT2D eigenvalue weighted by atomic mass is 9.75. The van der Waals surface area contributed by atoms with Gasteiger partial charge in [0.2, 0.25) is 0 Å². The van der Waals surface area contributed by atoms with E-state index in [4.69, 9.17) is 10.0 Å². The zero-order chi connectivity index (χ0) is 14.0. The number of hydrogen-bond acceptors (Lipinski definition) is 2. The van der Waals surface area contributed by atoms with Crippen molar-refractivity contribution >= 4 is 12.6 Å². The van der Waals surface area contributed by atoms with E-state index in [-0.39, 0.29) is 5.92 Å². The number of allylic oxidation sites excluding steroid dienone is 1. The summed E-state index contributed by atoms with van der Waals surface area (Å²) >= 11 is 0. The highest BCUT2D eigenvalue weighted by Crippen LogP contribution is 2.37. The first-order valence-electron chi connectivity index (χ1n) is 6.51. The minimum Gasteiger partial charge on any atom is -0.423 e. The van der Waals surface area contributed by atoms with Gasteiger partial charge in [0.1, 0.15) is 0 Å². The molecule has 0 aliphatic heterocycles. The normalized spacial score (nSPS) is 23.2. The molecule has 1 saturated carbocycles. The molecular weight excluding hydrogens is 249 g/mol. The SMILES string of the molecule is C=CC1CCC(c2ccc(B(O)O)c(F)c2F)CC1. The third kappa shape index (κ3) is 2.87. The van der Waals surface area contributed by atoms with Crippen LogP contribution >= 0.6 is 0 Å². The third-order valence-corrected chi connectivity index (χ3v) is 3.97. The van der Waals surface area contributed by atoms with Gasteiger partial charge in [0, 0.05) is 5.46 Å². The second kappa shape index (κ2) is 5.84. The van der Waals surface area contributed by atoms with Crippen molar-refractivity contribution in [3.63, 3.8) is 0 Å². The first kappa shape index (κ1) is 14.2. The first-order valence-corrected chi connectivity index (χ1v) is 6.51. The smallest absolute Gasteiger partial charge is 0.423 e. The van der Waals surface area contributed by atoms with Crippen LogP contribution in [0.15, 0.2) is 24.8 Å². The lowest BCUT2D eigenvalue weighted by Gasteiger charge is -2.27. The van der Waals surface area contributed by atoms with E-state index in [0.717, 1.165) is 25.7 Å². The molecule has 19 heavy (non-hydrogen) atoms. The average molecular weight is 266 g/mol. The van der Waals surface area contributed by atoms with Crippen LogP contribution in [0.5, 0.6) is 0 Å². The van der Waals surface area contributed by atoms with Crippen molar-refractivity contribution in [2.24, 2.45) is 5.92 Å². The molecule has 0 saturated heterocycles. The Morgan fingerprint density at radius 3 is 2.26 bits per heavy atom. The van der Waals surface area contributed by atoms with Crippen LogP contribution in [0.1, 0.15) is 37.2 Å². The van der Waals surface area contributed by atoms with E-state index in [2.05, 4.69) is 6.58 Å². The summed E-state index contributed by atoms with van der Waals surface area (Å²) in [4.78, 5) is 0. The highest BCUT2D eigenvalue weighted by Gasteiger charge is 2.27. The Morgan fingerprint density at radius 1 is 1.11 bits per heavy atom. The van der Waals surface area contributed by atoms with Crippen molar-refractivity contribution in [2.75, 3.05) is 0 Å². The van der Waals surface area contributed by atoms with Gasteiger partial charge >= 0.3 is 7.12 Å². The van der Waals surface area contributed by atoms with Gasteiger partial charge in [-0.05, 0) is 43.1 Å². The number of hydrogen-bond donors (Lipinski definition) is 2. The molecule has 0 aromatic heterocycles. The molecule has 0 atom stereocenters. The Morgan fingerprint density at radius 2 is 1.74 bits per heavy atom. The second-order valence-electron chi connectivity index (χ2n) is 5.09. The lowest BCUT2D eigenvalue weighted by Crippen LogP contribution is -2.34. The highest BCUT2D eigenvalue weighted by molar-refractivity contribution is 6.58. The molecule has 0 amide bonds. The molecule has 1 aliphatic carbocycles. The van der Waals surface area contributed by atoms with E-state index in [0.29, 0.717) is 11.5 Å². The van der Waals surface area contributed by atoms with Crippen molar-refractivity contribution in [1.29, 1.82) is 0 Å². The van der Waals surface area contributed by atoms with Crippen LogP contribution in [0.2, 0.25) is 0 Å². The molecule has 1 fully saturated rings. The summed E-state index contributed by atoms with van der Waals surface area (Å²) in [6, 6.07) is 2.71. The molecule has 2 nitrogen and oxygen atoms in total. The standard InChI is InChI=1S/C14H17BF2O2/c1-2-9-3-5-10(6-4-9)11-7-8-12(15(18)19)14(17)13(11)16/h2,7-10,18-19H,1,3-6H2. The van der Waals surface area contributed by atoms with E-state index >= 15 is 0 Å². The fourth-order valence-corrected chi connectivity index (χ4v) is 2.76. The van der Waals surface area contributed by atoms with Crippen molar-refractivity contribution in [3.05, 3.63) is 42.0 Å². The molecule has 2 N–H and O–H groups in total. The summed E-state index contributed by atoms with van der Waals surface area (Å²) in [5, 5.41) is 17.9. The van der Waals surface area contributed by atoms with Crippen LogP contribution in [0, 0.1) is 17.6 Å². The lowest BCUT2D eigenvalue weighted by molar-refractivity contribution is 0.364. The molecule has 102 valence electrons. The van der Waals surface area contributed by atoms with E-state index in [1.165, 1.54) is 12.1 Å². The van der Waals surface area contributed by atoms with Crippen LogP contribution in [0.3, 0.4) is 0 Å². The van der Waals surface area contributed by atoms with Gasteiger partial charge in [-0.1, -0.05) is 18.2 Å². The third-order valence-electron chi connectivity index (χ3n) is 3.97. The van der Waals surface area contributed by atoms with Crippen LogP contribution < -0.4 is 5.46 Å². The summed E-state index contributed by atoms with van der Waals surface area (Å²) in [5.74, 6) is -1.65. The Hall–Kier alpha value is -1.20. The highest BCUT2D eigenvalue weighted by atomic mass is 19.2. The topological polar surface area (TPSA) is 40.5 Å². The van der Waals surface area contributed by atoms with Gasteiger partial charge in [-0.15, -0.1) is 6.58 Å². The van der Waals surface area contributed by atoms with Crippen molar-refractivity contribution in [1.82, 2.24) is 0 Å². The van der Waals surface area contributed by atoms with Crippen LogP contribution in [-0.2, 0) is 0 Å². The predicted octanol–water partition coefficient (Wildman–Crippen LogP) is 2.10. The molecule has 1 aromatic carbocycles. The minimum atomic E-state index is -1.99. The van der Waals surface area contributed by atoms with Gasteiger partial charge < -0.3 is 10.0 Å². The van der Waals surface area contributed by atoms with E-state index in [9.17, 15) is 8.78 Å². The maximum absolute atomic E-state index is 14.0. The molecule has 5 heteroatoms. The van der Waals surface area contributed by atoms with Crippen molar-refractivity contribution < 1.29 is 18.8 Å². The summed E-state index contributed by atoms with van der Waals surface area (Å²) < 4.78 is 27.7. The fraction of sp³-hybridized carbons (Fsp3) is 0.429. The summed E-state index contributed by atoms with van der Waals surface area (Å²) in [5.41, 5.74) is -0.0783. The average Bonchev–Trinajstić information content (AvgIpc) is 2.41. The quantitative estimate of drug-likeness (QED) is 0.649. The zero-order valence-corrected chi connectivity index (χ0v) is 10.6. The first-order chi connectivity index (χ1) is 9.04. The molecule has 0 spiro atoms. The van der Waals surface area contributed by atoms with Gasteiger partial charge in [0.05, 0.1) is 0 Å². The van der Waals surface area contributed by atoms with Crippen LogP contribution in [-0.4, -0.2) is 17.2 Å². The number of rotatable bonds is 3. The Bertz CT molecular complexity index is 469. The van der Waals surface area contributed by atoms with Gasteiger partial charge in [-0.3, -0.25) is 0 Å². The number of benzene rings is 1. The van der Waals surface area contributed by atoms with Gasteiger partial charge in [-0.2, -0.15) is 0 Å². The number of halogens is 2. The van der Waals surface area contributed by atoms with E-state index in [1.807, 2.05) is 6.08 Å². The summed E-state index contributed by atoms with van der Waals surface area (Å²) in [7, 11) is -1.99. The van der Waals surface area contributed by atoms with E-state index < -0.39 is 24.2 Å². The van der Waals surface area contributed by atoms with Crippen LogP contribution in [0.25, 0.3) is 0 Å². The summed E-state index contributed by atoms with van der Waals surface area (Å²) in [6.07, 6.45) is 5.37. The van der Waals surface area contributed by atoms with Crippen LogP contribution in [0.4, 0.5) is 8.78 Å². The Balaban J connectivity index is 2.22. The fourth-order valence-electron chi connectivity index (χ4n) is 2.76. The molecule has 0 bridgehead atoms. The maximum atomic E-state index is 14.0. The van der Waals surface area contributed by atoms with Crippen molar-refractivity contribution in [2.45, 2.75) is 31.6 Å². The summed E-state index contributed by atoms with van der Waals surface area (Å²) in [6.45, 7) is 3.76. The van der Waals surface area contributed by atoms with Gasteiger partial charge in [0.25, 0.3) is 0 Å². The largest absolute Gasteiger partial charge is 0.491 e. The molecule has 0 unspecified atom stereocenters. The molecule has 0 radical (unpaired) electrons. The molecular formula is C14H17BF2O2. The molecule has 1 aliphatic rings. The zero-order valence-electron chi connectivity index (χ0n) is 10.6. The van der Waals surface area contributed by atoms with Gasteiger partial charge in [-0.25, -0.2) is 8.78 Å². The predicted molar refractivity (Wildman–Crippen MR) is 71.1 cm³/mol. The van der Waals surface area contributed by atoms with E-state index in [1.54, 1.807) is 0 Å². The monoisotopic (exact) mass is 266 g/mol. The van der Waals surface area contributed by atoms with Crippen molar-refractivity contribution in [3.8, 4) is 0 Å². The molecule has 2 rings (SSSR count). The second-order valence-corrected chi connectivity index (χ2v) is 5.09.